The van der Waals surface area contributed by atoms with Crippen LogP contribution in [0.2, 0.25) is 0 Å². The van der Waals surface area contributed by atoms with Gasteiger partial charge in [0.15, 0.2) is 0 Å². The largest absolute Gasteiger partial charge is 0.497 e. The zero-order chi connectivity index (χ0) is 9.52. The Kier molecular flexibility index (Phi) is 3.83. The average molecular weight is 174 g/mol. The van der Waals surface area contributed by atoms with E-state index >= 15 is 0 Å². The van der Waals surface area contributed by atoms with Crippen molar-refractivity contribution in [1.29, 1.82) is 0 Å². The maximum Gasteiger partial charge on any atom is 0.118 e. The molecule has 0 unspecified atom stereocenters. The van der Waals surface area contributed by atoms with E-state index in [1.165, 1.54) is 5.56 Å². The Balaban J connectivity index is 2.69. The van der Waals surface area contributed by atoms with Crippen molar-refractivity contribution in [2.24, 2.45) is 0 Å². The third-order valence-electron chi connectivity index (χ3n) is 1.71. The van der Waals surface area contributed by atoms with Gasteiger partial charge in [0.25, 0.3) is 0 Å². The molecule has 0 aliphatic heterocycles. The lowest BCUT2D eigenvalue weighted by molar-refractivity contribution is 0.415. The average Bonchev–Trinajstić information content (AvgIpc) is 2.19. The fourth-order valence-corrected chi connectivity index (χ4v) is 0.993. The molecule has 1 aromatic rings. The summed E-state index contributed by atoms with van der Waals surface area (Å²) in [5.41, 5.74) is 1.18. The maximum absolute atomic E-state index is 5.06. The first kappa shape index (κ1) is 9.59. The Morgan fingerprint density at radius 2 is 1.77 bits per heavy atom. The number of hydrogen-bond acceptors (Lipinski definition) is 1. The Morgan fingerprint density at radius 3 is 2.31 bits per heavy atom. The molecule has 1 aromatic carbocycles. The molecule has 0 N–H and O–H groups in total. The number of methoxy groups -OCH3 is 1. The summed E-state index contributed by atoms with van der Waals surface area (Å²) >= 11 is 0. The molecule has 0 spiro atoms. The number of allylic oxidation sites excluding steroid dienone is 3. The van der Waals surface area contributed by atoms with E-state index in [0.717, 1.165) is 5.75 Å². The molecule has 13 heavy (non-hydrogen) atoms. The van der Waals surface area contributed by atoms with Gasteiger partial charge in [-0.1, -0.05) is 36.4 Å². The summed E-state index contributed by atoms with van der Waals surface area (Å²) in [6, 6.07) is 7.96. The van der Waals surface area contributed by atoms with E-state index in [-0.39, 0.29) is 0 Å². The Bertz CT molecular complexity index is 293. The molecule has 0 aliphatic carbocycles. The van der Waals surface area contributed by atoms with Gasteiger partial charge in [-0.2, -0.15) is 0 Å². The number of benzene rings is 1. The Labute approximate surface area is 79.4 Å². The summed E-state index contributed by atoms with van der Waals surface area (Å²) in [4.78, 5) is 0. The first-order valence-corrected chi connectivity index (χ1v) is 4.30. The van der Waals surface area contributed by atoms with E-state index in [4.69, 9.17) is 4.74 Å². The molecular weight excluding hydrogens is 160 g/mol. The monoisotopic (exact) mass is 174 g/mol. The lowest BCUT2D eigenvalue weighted by Gasteiger charge is -1.98. The summed E-state index contributed by atoms with van der Waals surface area (Å²) < 4.78 is 5.06. The molecule has 0 aromatic heterocycles. The van der Waals surface area contributed by atoms with Crippen LogP contribution in [0.1, 0.15) is 12.5 Å². The Hall–Kier alpha value is -1.50. The van der Waals surface area contributed by atoms with Crippen LogP contribution < -0.4 is 4.74 Å². The molecule has 0 amide bonds. The standard InChI is InChI=1S/C12H14O/c1-3-4-5-6-11-7-9-12(13-2)10-8-11/h3-10H,1-2H3/b4-3?,6-5+. The van der Waals surface area contributed by atoms with Crippen LogP contribution in [0.3, 0.4) is 0 Å². The van der Waals surface area contributed by atoms with Gasteiger partial charge in [-0.15, -0.1) is 0 Å². The first-order valence-electron chi connectivity index (χ1n) is 4.30. The lowest BCUT2D eigenvalue weighted by atomic mass is 10.2. The van der Waals surface area contributed by atoms with Crippen molar-refractivity contribution in [3.63, 3.8) is 0 Å². The topological polar surface area (TPSA) is 9.23 Å². The third-order valence-corrected chi connectivity index (χ3v) is 1.71. The van der Waals surface area contributed by atoms with E-state index in [1.54, 1.807) is 7.11 Å². The van der Waals surface area contributed by atoms with Gasteiger partial charge in [0, 0.05) is 0 Å². The van der Waals surface area contributed by atoms with Crippen molar-refractivity contribution in [3.05, 3.63) is 48.1 Å². The van der Waals surface area contributed by atoms with E-state index in [0.29, 0.717) is 0 Å². The zero-order valence-corrected chi connectivity index (χ0v) is 8.03. The lowest BCUT2D eigenvalue weighted by Crippen LogP contribution is -1.81. The minimum Gasteiger partial charge on any atom is -0.497 e. The molecule has 1 heteroatoms. The van der Waals surface area contributed by atoms with Crippen molar-refractivity contribution < 1.29 is 4.74 Å². The summed E-state index contributed by atoms with van der Waals surface area (Å²) in [7, 11) is 1.67. The van der Waals surface area contributed by atoms with Crippen LogP contribution in [0.25, 0.3) is 6.08 Å². The molecule has 0 heterocycles. The predicted octanol–water partition coefficient (Wildman–Crippen LogP) is 3.28. The molecule has 0 radical (unpaired) electrons. The van der Waals surface area contributed by atoms with Crippen LogP contribution in [0.4, 0.5) is 0 Å². The van der Waals surface area contributed by atoms with Gasteiger partial charge < -0.3 is 4.74 Å². The van der Waals surface area contributed by atoms with Crippen molar-refractivity contribution in [2.45, 2.75) is 6.92 Å². The zero-order valence-electron chi connectivity index (χ0n) is 8.03. The number of ether oxygens (including phenoxy) is 1. The highest BCUT2D eigenvalue weighted by Crippen LogP contribution is 2.12. The SMILES string of the molecule is CC=C/C=C/c1ccc(OC)cc1. The molecular formula is C12H14O. The normalized spacial score (nSPS) is 11.2. The molecule has 0 saturated heterocycles. The van der Waals surface area contributed by atoms with Gasteiger partial charge in [-0.05, 0) is 24.6 Å². The molecule has 68 valence electrons. The van der Waals surface area contributed by atoms with E-state index < -0.39 is 0 Å². The summed E-state index contributed by atoms with van der Waals surface area (Å²) in [6.45, 7) is 2.00. The van der Waals surface area contributed by atoms with Crippen LogP contribution in [-0.4, -0.2) is 7.11 Å². The Morgan fingerprint density at radius 1 is 1.08 bits per heavy atom. The number of rotatable bonds is 3. The molecule has 0 saturated carbocycles. The summed E-state index contributed by atoms with van der Waals surface area (Å²) in [6.07, 6.45) is 8.07. The highest BCUT2D eigenvalue weighted by molar-refractivity contribution is 5.52. The van der Waals surface area contributed by atoms with E-state index in [1.807, 2.05) is 49.4 Å². The molecule has 1 nitrogen and oxygen atoms in total. The molecule has 0 bridgehead atoms. The van der Waals surface area contributed by atoms with Crippen molar-refractivity contribution >= 4 is 6.08 Å². The van der Waals surface area contributed by atoms with E-state index in [2.05, 4.69) is 6.08 Å². The van der Waals surface area contributed by atoms with Gasteiger partial charge in [-0.25, -0.2) is 0 Å². The van der Waals surface area contributed by atoms with Crippen LogP contribution in [0, 0.1) is 0 Å². The minimum absolute atomic E-state index is 0.892. The molecule has 0 fully saturated rings. The predicted molar refractivity (Wildman–Crippen MR) is 56.8 cm³/mol. The molecule has 0 atom stereocenters. The van der Waals surface area contributed by atoms with Crippen LogP contribution in [0.5, 0.6) is 5.75 Å². The number of hydrogen-bond donors (Lipinski definition) is 0. The fraction of sp³-hybridized carbons (Fsp3) is 0.167. The quantitative estimate of drug-likeness (QED) is 0.639. The molecule has 1 rings (SSSR count). The highest BCUT2D eigenvalue weighted by Gasteiger charge is 1.88. The van der Waals surface area contributed by atoms with Gasteiger partial charge in [0.2, 0.25) is 0 Å². The third kappa shape index (κ3) is 3.16. The van der Waals surface area contributed by atoms with Crippen molar-refractivity contribution in [1.82, 2.24) is 0 Å². The van der Waals surface area contributed by atoms with Crippen LogP contribution in [-0.2, 0) is 0 Å². The van der Waals surface area contributed by atoms with Gasteiger partial charge in [0.05, 0.1) is 7.11 Å². The second-order valence-electron chi connectivity index (χ2n) is 2.66. The van der Waals surface area contributed by atoms with Crippen molar-refractivity contribution in [2.75, 3.05) is 7.11 Å². The second-order valence-corrected chi connectivity index (χ2v) is 2.66. The summed E-state index contributed by atoms with van der Waals surface area (Å²) in [5.74, 6) is 0.892. The van der Waals surface area contributed by atoms with E-state index in [9.17, 15) is 0 Å². The fourth-order valence-electron chi connectivity index (χ4n) is 0.993. The van der Waals surface area contributed by atoms with Crippen LogP contribution >= 0.6 is 0 Å². The highest BCUT2D eigenvalue weighted by atomic mass is 16.5. The second kappa shape index (κ2) is 5.20. The van der Waals surface area contributed by atoms with Crippen LogP contribution in [0.15, 0.2) is 42.5 Å². The van der Waals surface area contributed by atoms with Gasteiger partial charge in [0.1, 0.15) is 5.75 Å². The summed E-state index contributed by atoms with van der Waals surface area (Å²) in [5, 5.41) is 0. The first-order chi connectivity index (χ1) is 6.36. The van der Waals surface area contributed by atoms with Crippen molar-refractivity contribution in [3.8, 4) is 5.75 Å². The minimum atomic E-state index is 0.892. The van der Waals surface area contributed by atoms with Gasteiger partial charge >= 0.3 is 0 Å². The van der Waals surface area contributed by atoms with Gasteiger partial charge in [-0.3, -0.25) is 0 Å². The molecule has 0 aliphatic rings. The smallest absolute Gasteiger partial charge is 0.118 e. The maximum atomic E-state index is 5.06.